The maximum Gasteiger partial charge on any atom is 0.187 e. The van der Waals surface area contributed by atoms with Gasteiger partial charge in [0.2, 0.25) is 0 Å². The van der Waals surface area contributed by atoms with Crippen LogP contribution in [0, 0.1) is 0 Å². The first-order valence-corrected chi connectivity index (χ1v) is 13.3. The zero-order valence-electron chi connectivity index (χ0n) is 21.0. The Kier molecular flexibility index (Phi) is 13.0. The Bertz CT molecular complexity index is 718. The Hall–Kier alpha value is -0.290. The van der Waals surface area contributed by atoms with Crippen molar-refractivity contribution < 1.29 is 79.5 Å². The van der Waals surface area contributed by atoms with Crippen LogP contribution in [0.1, 0.15) is 12.8 Å². The van der Waals surface area contributed by atoms with E-state index in [1.807, 2.05) is 0 Å². The predicted octanol–water partition coefficient (Wildman–Crippen LogP) is -5.84. The summed E-state index contributed by atoms with van der Waals surface area (Å²) in [6.07, 6.45) is -22.6. The Morgan fingerprint density at radius 3 is 1.44 bits per heavy atom. The molecule has 0 aliphatic carbocycles. The van der Waals surface area contributed by atoms with E-state index < -0.39 is 112 Å². The van der Waals surface area contributed by atoms with E-state index in [1.165, 1.54) is 0 Å². The van der Waals surface area contributed by atoms with E-state index in [0.29, 0.717) is 12.2 Å². The van der Waals surface area contributed by atoms with Crippen molar-refractivity contribution in [2.45, 2.75) is 105 Å². The fourth-order valence-electron chi connectivity index (χ4n) is 4.59. The Balaban J connectivity index is 1.66. The second-order valence-electron chi connectivity index (χ2n) is 9.61. The second kappa shape index (κ2) is 15.3. The summed E-state index contributed by atoms with van der Waals surface area (Å²) < 4.78 is 32.9. The molecule has 0 aromatic carbocycles. The summed E-state index contributed by atoms with van der Waals surface area (Å²) in [6, 6.07) is 0. The van der Waals surface area contributed by atoms with E-state index in [-0.39, 0.29) is 6.61 Å². The van der Waals surface area contributed by atoms with Crippen LogP contribution in [0.15, 0.2) is 0 Å². The van der Waals surface area contributed by atoms with Gasteiger partial charge in [-0.25, -0.2) is 0 Å². The molecule has 39 heavy (non-hydrogen) atoms. The normalized spacial score (nSPS) is 47.3. The lowest BCUT2D eigenvalue weighted by molar-refractivity contribution is -0.379. The van der Waals surface area contributed by atoms with Gasteiger partial charge in [0.15, 0.2) is 18.9 Å². The molecular weight excluding hydrogens is 552 g/mol. The second-order valence-corrected chi connectivity index (χ2v) is 10.1. The summed E-state index contributed by atoms with van der Waals surface area (Å²) in [5.41, 5.74) is 0. The highest BCUT2D eigenvalue weighted by Gasteiger charge is 2.53. The van der Waals surface area contributed by atoms with Crippen LogP contribution in [0.25, 0.3) is 0 Å². The van der Waals surface area contributed by atoms with Gasteiger partial charge in [-0.05, 0) is 18.6 Å². The molecule has 0 unspecified atom stereocenters. The molecule has 10 N–H and O–H groups in total. The molecule has 0 saturated carbocycles. The van der Waals surface area contributed by atoms with Crippen LogP contribution in [-0.2, 0) is 28.4 Å². The number of rotatable bonds is 12. The zero-order chi connectivity index (χ0) is 28.9. The molecule has 0 bridgehead atoms. The molecule has 3 saturated heterocycles. The maximum absolute atomic E-state index is 10.8. The number of ether oxygens (including phenoxy) is 6. The highest BCUT2D eigenvalue weighted by molar-refractivity contribution is 7.80. The summed E-state index contributed by atoms with van der Waals surface area (Å²) in [5.74, 6) is 0.633. The van der Waals surface area contributed by atoms with Gasteiger partial charge >= 0.3 is 0 Å². The van der Waals surface area contributed by atoms with E-state index in [9.17, 15) is 51.1 Å². The highest BCUT2D eigenvalue weighted by atomic mass is 32.1. The topological polar surface area (TPSA) is 258 Å². The smallest absolute Gasteiger partial charge is 0.187 e. The van der Waals surface area contributed by atoms with Gasteiger partial charge in [0, 0.05) is 6.61 Å². The largest absolute Gasteiger partial charge is 0.394 e. The first-order chi connectivity index (χ1) is 18.6. The molecule has 0 aromatic rings. The van der Waals surface area contributed by atoms with Crippen LogP contribution in [0.4, 0.5) is 0 Å². The van der Waals surface area contributed by atoms with E-state index in [0.717, 1.165) is 6.42 Å². The molecule has 0 amide bonds. The summed E-state index contributed by atoms with van der Waals surface area (Å²) in [6.45, 7) is -2.02. The van der Waals surface area contributed by atoms with E-state index in [2.05, 4.69) is 12.6 Å². The van der Waals surface area contributed by atoms with Crippen LogP contribution >= 0.6 is 12.6 Å². The van der Waals surface area contributed by atoms with Crippen LogP contribution in [0.5, 0.6) is 0 Å². The quantitative estimate of drug-likeness (QED) is 0.0745. The molecule has 0 spiro atoms. The summed E-state index contributed by atoms with van der Waals surface area (Å²) >= 11 is 4.10. The summed E-state index contributed by atoms with van der Waals surface area (Å²) in [4.78, 5) is 0. The minimum Gasteiger partial charge on any atom is -0.394 e. The van der Waals surface area contributed by atoms with Gasteiger partial charge in [0.1, 0.15) is 73.2 Å². The molecule has 3 rings (SSSR count). The van der Waals surface area contributed by atoms with Gasteiger partial charge < -0.3 is 79.5 Å². The molecule has 3 aliphatic rings. The number of thiol groups is 1. The average molecular weight is 593 g/mol. The summed E-state index contributed by atoms with van der Waals surface area (Å²) in [7, 11) is 0. The molecule has 0 radical (unpaired) electrons. The van der Waals surface area contributed by atoms with Crippen LogP contribution in [0.2, 0.25) is 0 Å². The van der Waals surface area contributed by atoms with Gasteiger partial charge in [-0.3, -0.25) is 0 Å². The number of unbranched alkanes of at least 4 members (excludes halogenated alkanes) is 1. The Morgan fingerprint density at radius 2 is 0.949 bits per heavy atom. The zero-order valence-corrected chi connectivity index (χ0v) is 21.9. The third kappa shape index (κ3) is 7.57. The Morgan fingerprint density at radius 1 is 0.513 bits per heavy atom. The van der Waals surface area contributed by atoms with Crippen molar-refractivity contribution in [2.24, 2.45) is 0 Å². The van der Waals surface area contributed by atoms with Crippen LogP contribution in [-0.4, -0.2) is 175 Å². The third-order valence-electron chi connectivity index (χ3n) is 6.91. The van der Waals surface area contributed by atoms with Gasteiger partial charge in [0.05, 0.1) is 19.8 Å². The molecule has 230 valence electrons. The number of aliphatic hydroxyl groups excluding tert-OH is 10. The molecule has 15 atom stereocenters. The lowest BCUT2D eigenvalue weighted by atomic mass is 9.96. The molecule has 3 aliphatic heterocycles. The van der Waals surface area contributed by atoms with Crippen molar-refractivity contribution in [3.8, 4) is 0 Å². The monoisotopic (exact) mass is 592 g/mol. The van der Waals surface area contributed by atoms with Crippen molar-refractivity contribution in [1.29, 1.82) is 0 Å². The lowest BCUT2D eigenvalue weighted by Crippen LogP contribution is -2.66. The van der Waals surface area contributed by atoms with Crippen molar-refractivity contribution in [3.05, 3.63) is 0 Å². The van der Waals surface area contributed by atoms with Gasteiger partial charge in [-0.1, -0.05) is 0 Å². The van der Waals surface area contributed by atoms with E-state index in [4.69, 9.17) is 28.4 Å². The van der Waals surface area contributed by atoms with Gasteiger partial charge in [-0.2, -0.15) is 12.6 Å². The number of hydrogen-bond acceptors (Lipinski definition) is 17. The molecule has 3 heterocycles. The van der Waals surface area contributed by atoms with Crippen LogP contribution < -0.4 is 0 Å². The van der Waals surface area contributed by atoms with Gasteiger partial charge in [-0.15, -0.1) is 0 Å². The third-order valence-corrected chi connectivity index (χ3v) is 7.22. The van der Waals surface area contributed by atoms with E-state index in [1.54, 1.807) is 0 Å². The SMILES string of the molecule is OC[C@H]1O[C@H](O[C@@H]2[C@H](O)[C@@H](O)[C@H](O[C@@H]3[C@H](O)[C@@H](O)[C@H](OCCCCS)O[C@@H]3CO)O[C@@H]2CO)[C@H](O)[C@@H](O)[C@H]1O. The van der Waals surface area contributed by atoms with Gasteiger partial charge in [0.25, 0.3) is 0 Å². The molecule has 3 fully saturated rings. The van der Waals surface area contributed by atoms with Crippen molar-refractivity contribution in [2.75, 3.05) is 32.2 Å². The fourth-order valence-corrected chi connectivity index (χ4v) is 4.82. The van der Waals surface area contributed by atoms with Crippen LogP contribution in [0.3, 0.4) is 0 Å². The predicted molar refractivity (Wildman–Crippen MR) is 128 cm³/mol. The number of hydrogen-bond donors (Lipinski definition) is 11. The molecule has 16 nitrogen and oxygen atoms in total. The standard InChI is InChI=1S/C22H40O16S/c23-5-8-11(26)12(27)15(30)21(34-8)37-19-10(7-25)36-22(17(32)14(19)29)38-18-9(6-24)35-20(16(31)13(18)28)33-3-1-2-4-39/h8-32,39H,1-7H2/t8-,9-,10-,11+,12+,13-,14-,15-,16-,17-,18+,19+,20-,21-,22+/m1/s1. The van der Waals surface area contributed by atoms with Crippen molar-refractivity contribution >= 4 is 12.6 Å². The average Bonchev–Trinajstić information content (AvgIpc) is 2.93. The lowest BCUT2D eigenvalue weighted by Gasteiger charge is -2.48. The first kappa shape index (κ1) is 33.2. The minimum absolute atomic E-state index is 0.198. The molecular formula is C22H40O16S. The summed E-state index contributed by atoms with van der Waals surface area (Å²) in [5, 5.41) is 102. The Labute approximate surface area is 229 Å². The van der Waals surface area contributed by atoms with Crippen molar-refractivity contribution in [3.63, 3.8) is 0 Å². The van der Waals surface area contributed by atoms with Crippen molar-refractivity contribution in [1.82, 2.24) is 0 Å². The maximum atomic E-state index is 10.8. The number of aliphatic hydroxyl groups is 10. The molecule has 17 heteroatoms. The highest BCUT2D eigenvalue weighted by Crippen LogP contribution is 2.32. The molecule has 0 aromatic heterocycles. The fraction of sp³-hybridized carbons (Fsp3) is 1.00. The minimum atomic E-state index is -1.89. The first-order valence-electron chi connectivity index (χ1n) is 12.7. The van der Waals surface area contributed by atoms with E-state index >= 15 is 0 Å².